The van der Waals surface area contributed by atoms with Crippen molar-refractivity contribution < 1.29 is 62.7 Å². The number of aliphatic hydroxyl groups excluding tert-OH is 2. The number of hydrogen-bond donors (Lipinski definition) is 6. The lowest BCUT2D eigenvalue weighted by Crippen LogP contribution is -2.33. The number of anilines is 1. The molecule has 2 aromatic heterocycles. The van der Waals surface area contributed by atoms with E-state index in [1.54, 1.807) is 0 Å². The summed E-state index contributed by atoms with van der Waals surface area (Å²) in [6.07, 6.45) is -5.01. The third-order valence-electron chi connectivity index (χ3n) is 6.11. The molecule has 22 heteroatoms. The highest BCUT2D eigenvalue weighted by molar-refractivity contribution is 8.45. The summed E-state index contributed by atoms with van der Waals surface area (Å²) >= 11 is 6.15. The molecule has 13 nitrogen and oxygen atoms in total. The molecule has 1 saturated heterocycles. The molecule has 236 valence electrons. The summed E-state index contributed by atoms with van der Waals surface area (Å²) < 4.78 is 99.5. The highest BCUT2D eigenvalue weighted by atomic mass is 35.5. The van der Waals surface area contributed by atoms with E-state index >= 15 is 0 Å². The Labute approximate surface area is 238 Å². The summed E-state index contributed by atoms with van der Waals surface area (Å²) in [6.45, 7) is 0.706. The molecule has 1 aliphatic rings. The van der Waals surface area contributed by atoms with Gasteiger partial charge in [-0.15, -0.1) is 0 Å². The standard InChI is InChI=1S/C20H24ClF5N4O9P2S/c1-10(11-2-4-12(5-3-11)42(22,23,24,25)26)28-14-6-16(21)29-19-13(14)7-27-30(19)20-18(32)17(31)15(39-20)8-38-41(36,37)9-40(33,34)35/h2-7,10,15,17-18,20,31-32H,8-9H2,1H3,(H,28,29)(H,36,37)(H2,33,34,35)/t10-,15?,17?,18?,20?/m1/s1. The second-order valence-corrected chi connectivity index (χ2v) is 16.3. The van der Waals surface area contributed by atoms with Gasteiger partial charge < -0.3 is 39.5 Å². The molecule has 3 aromatic rings. The number of halogens is 6. The van der Waals surface area contributed by atoms with E-state index in [9.17, 15) is 43.7 Å². The molecule has 1 aliphatic heterocycles. The van der Waals surface area contributed by atoms with E-state index in [1.807, 2.05) is 0 Å². The second kappa shape index (κ2) is 10.3. The van der Waals surface area contributed by atoms with Crippen LogP contribution in [0.4, 0.5) is 25.1 Å². The number of benzene rings is 1. The Morgan fingerprint density at radius 1 is 1.12 bits per heavy atom. The number of nitrogens with zero attached hydrogens (tertiary/aromatic N) is 3. The number of ether oxygens (including phenoxy) is 1. The maximum absolute atomic E-state index is 13.1. The minimum absolute atomic E-state index is 0.000564. The number of fused-ring (bicyclic) bond motifs is 1. The van der Waals surface area contributed by atoms with E-state index in [1.165, 1.54) is 19.2 Å². The first-order valence-electron chi connectivity index (χ1n) is 11.6. The number of pyridine rings is 1. The molecular weight excluding hydrogens is 665 g/mol. The molecule has 6 N–H and O–H groups in total. The van der Waals surface area contributed by atoms with Crippen molar-refractivity contribution in [3.8, 4) is 0 Å². The Balaban J connectivity index is 1.55. The van der Waals surface area contributed by atoms with Crippen LogP contribution in [0.25, 0.3) is 11.0 Å². The zero-order valence-corrected chi connectivity index (χ0v) is 24.4. The van der Waals surface area contributed by atoms with Crippen molar-refractivity contribution in [1.29, 1.82) is 0 Å². The lowest BCUT2D eigenvalue weighted by atomic mass is 10.1. The fourth-order valence-corrected chi connectivity index (χ4v) is 7.56. The minimum Gasteiger partial charge on any atom is -0.387 e. The van der Waals surface area contributed by atoms with Gasteiger partial charge in [0.1, 0.15) is 28.4 Å². The van der Waals surface area contributed by atoms with Crippen LogP contribution in [-0.4, -0.2) is 70.5 Å². The summed E-state index contributed by atoms with van der Waals surface area (Å²) in [5.74, 6) is -1.48. The Hall–Kier alpha value is -1.89. The van der Waals surface area contributed by atoms with Crippen LogP contribution >= 0.6 is 37.0 Å². The highest BCUT2D eigenvalue weighted by Gasteiger charge is 2.65. The van der Waals surface area contributed by atoms with Crippen molar-refractivity contribution in [3.05, 3.63) is 47.2 Å². The summed E-state index contributed by atoms with van der Waals surface area (Å²) in [6, 6.07) is 2.98. The van der Waals surface area contributed by atoms with Crippen LogP contribution in [0, 0.1) is 0 Å². The Morgan fingerprint density at radius 2 is 1.74 bits per heavy atom. The molecule has 0 saturated carbocycles. The quantitative estimate of drug-likeness (QED) is 0.0962. The highest BCUT2D eigenvalue weighted by Crippen LogP contribution is 3.02. The monoisotopic (exact) mass is 688 g/mol. The van der Waals surface area contributed by atoms with E-state index in [0.717, 1.165) is 16.8 Å². The molecule has 0 amide bonds. The van der Waals surface area contributed by atoms with Crippen LogP contribution in [0.1, 0.15) is 24.8 Å². The number of nitrogens with one attached hydrogen (secondary N) is 1. The Bertz CT molecular complexity index is 1600. The maximum Gasteiger partial charge on any atom is 0.340 e. The largest absolute Gasteiger partial charge is 0.387 e. The van der Waals surface area contributed by atoms with Crippen LogP contribution in [0.2, 0.25) is 5.15 Å². The van der Waals surface area contributed by atoms with Gasteiger partial charge in [0.15, 0.2) is 17.8 Å². The van der Waals surface area contributed by atoms with Crippen molar-refractivity contribution in [1.82, 2.24) is 14.8 Å². The van der Waals surface area contributed by atoms with Gasteiger partial charge >= 0.3 is 25.4 Å². The normalized spacial score (nSPS) is 25.5. The second-order valence-electron chi connectivity index (χ2n) is 9.51. The average molecular weight is 689 g/mol. The van der Waals surface area contributed by atoms with Crippen LogP contribution < -0.4 is 5.32 Å². The van der Waals surface area contributed by atoms with Gasteiger partial charge in [-0.3, -0.25) is 9.13 Å². The number of rotatable bonds is 10. The third-order valence-corrected chi connectivity index (χ3v) is 10.9. The first-order chi connectivity index (χ1) is 18.9. The first-order valence-corrected chi connectivity index (χ1v) is 17.5. The van der Waals surface area contributed by atoms with Crippen molar-refractivity contribution in [2.75, 3.05) is 17.8 Å². The number of aliphatic hydroxyl groups is 2. The minimum atomic E-state index is -9.85. The van der Waals surface area contributed by atoms with Gasteiger partial charge in [-0.05, 0) is 30.7 Å². The molecule has 0 bridgehead atoms. The molecular formula is C20H24ClF5N4O9P2S. The number of aromatic nitrogens is 3. The Kier molecular flexibility index (Phi) is 8.13. The maximum atomic E-state index is 13.1. The summed E-state index contributed by atoms with van der Waals surface area (Å²) in [7, 11) is -19.5. The van der Waals surface area contributed by atoms with Crippen molar-refractivity contribution >= 4 is 53.7 Å². The van der Waals surface area contributed by atoms with E-state index in [2.05, 4.69) is 19.9 Å². The molecule has 0 spiro atoms. The van der Waals surface area contributed by atoms with Crippen LogP contribution in [-0.2, 0) is 18.4 Å². The summed E-state index contributed by atoms with van der Waals surface area (Å²) in [5, 5.41) is 28.2. The summed E-state index contributed by atoms with van der Waals surface area (Å²) in [4.78, 5) is 29.6. The SMILES string of the molecule is C[C@@H](Nc1cc(Cl)nc2c1cnn2C1OC(COP(=O)(O)CP(=O)(O)O)C(O)C1O)c1ccc(S(F)(F)(F)(F)F)cc1. The van der Waals surface area contributed by atoms with E-state index in [-0.39, 0.29) is 39.6 Å². The van der Waals surface area contributed by atoms with Crippen LogP contribution in [0.15, 0.2) is 41.4 Å². The van der Waals surface area contributed by atoms with Gasteiger partial charge in [0.25, 0.3) is 0 Å². The van der Waals surface area contributed by atoms with Gasteiger partial charge in [0.2, 0.25) is 0 Å². The van der Waals surface area contributed by atoms with Crippen molar-refractivity contribution in [3.63, 3.8) is 0 Å². The van der Waals surface area contributed by atoms with Crippen LogP contribution in [0.5, 0.6) is 0 Å². The average Bonchev–Trinajstić information content (AvgIpc) is 3.35. The van der Waals surface area contributed by atoms with E-state index in [4.69, 9.17) is 26.1 Å². The fourth-order valence-electron chi connectivity index (χ4n) is 4.16. The van der Waals surface area contributed by atoms with Gasteiger partial charge in [-0.1, -0.05) is 43.2 Å². The fraction of sp³-hybridized carbons (Fsp3) is 0.400. The topological polar surface area (TPSA) is 196 Å². The molecule has 5 unspecified atom stereocenters. The zero-order valence-electron chi connectivity index (χ0n) is 21.0. The smallest absolute Gasteiger partial charge is 0.340 e. The predicted octanol–water partition coefficient (Wildman–Crippen LogP) is 4.87. The van der Waals surface area contributed by atoms with Gasteiger partial charge in [0.05, 0.1) is 23.9 Å². The zero-order chi connectivity index (χ0) is 31.5. The molecule has 42 heavy (non-hydrogen) atoms. The molecule has 1 fully saturated rings. The molecule has 3 heterocycles. The number of hydrogen-bond acceptors (Lipinski definition) is 9. The van der Waals surface area contributed by atoms with Gasteiger partial charge in [0, 0.05) is 6.04 Å². The molecule has 0 aliphatic carbocycles. The van der Waals surface area contributed by atoms with E-state index in [0.29, 0.717) is 0 Å². The Morgan fingerprint density at radius 3 is 2.31 bits per heavy atom. The molecule has 4 rings (SSSR count). The summed E-state index contributed by atoms with van der Waals surface area (Å²) in [5.41, 5.74) is 0.474. The van der Waals surface area contributed by atoms with Crippen molar-refractivity contribution in [2.45, 2.75) is 42.4 Å². The van der Waals surface area contributed by atoms with Gasteiger partial charge in [-0.2, -0.15) is 5.10 Å². The van der Waals surface area contributed by atoms with Crippen molar-refractivity contribution in [2.24, 2.45) is 0 Å². The lowest BCUT2D eigenvalue weighted by Gasteiger charge is -2.40. The molecule has 1 aromatic carbocycles. The first kappa shape index (κ1) is 33.0. The molecule has 6 atom stereocenters. The lowest BCUT2D eigenvalue weighted by molar-refractivity contribution is -0.0541. The van der Waals surface area contributed by atoms with Crippen LogP contribution in [0.3, 0.4) is 0 Å². The van der Waals surface area contributed by atoms with Gasteiger partial charge in [-0.25, -0.2) is 9.67 Å². The molecule has 0 radical (unpaired) electrons. The van der Waals surface area contributed by atoms with E-state index < -0.39 is 73.4 Å². The third kappa shape index (κ3) is 7.60. The predicted molar refractivity (Wildman–Crippen MR) is 141 cm³/mol.